The van der Waals surface area contributed by atoms with Gasteiger partial charge in [-0.05, 0) is 70.3 Å². The summed E-state index contributed by atoms with van der Waals surface area (Å²) >= 11 is 10.6. The fourth-order valence-electron chi connectivity index (χ4n) is 1.90. The van der Waals surface area contributed by atoms with E-state index in [2.05, 4.69) is 45.2 Å². The van der Waals surface area contributed by atoms with Gasteiger partial charge in [0.25, 0.3) is 5.91 Å². The first-order valence-electron chi connectivity index (χ1n) is 6.42. The van der Waals surface area contributed by atoms with E-state index in [-0.39, 0.29) is 4.32 Å². The van der Waals surface area contributed by atoms with Crippen LogP contribution in [0.5, 0.6) is 5.75 Å². The van der Waals surface area contributed by atoms with Crippen molar-refractivity contribution in [3.05, 3.63) is 29.7 Å². The van der Waals surface area contributed by atoms with Gasteiger partial charge in [0.2, 0.25) is 0 Å². The van der Waals surface area contributed by atoms with Crippen molar-refractivity contribution in [2.24, 2.45) is 0 Å². The van der Waals surface area contributed by atoms with E-state index >= 15 is 0 Å². The van der Waals surface area contributed by atoms with Crippen molar-refractivity contribution in [1.29, 1.82) is 0 Å². The number of ether oxygens (including phenoxy) is 1. The topological polar surface area (TPSA) is 66.8 Å². The van der Waals surface area contributed by atoms with E-state index in [1.54, 1.807) is 6.08 Å². The van der Waals surface area contributed by atoms with Gasteiger partial charge >= 0.3 is 5.97 Å². The molecule has 0 unspecified atom stereocenters. The number of carbonyl (C=O) groups is 2. The Bertz CT molecular complexity index is 721. The number of carboxylic acid groups (broad SMARTS) is 1. The first kappa shape index (κ1) is 18.9. The molecule has 1 fully saturated rings. The summed E-state index contributed by atoms with van der Waals surface area (Å²) in [4.78, 5) is 24.7. The van der Waals surface area contributed by atoms with Gasteiger partial charge < -0.3 is 9.84 Å². The van der Waals surface area contributed by atoms with Crippen LogP contribution >= 0.6 is 69.2 Å². The van der Waals surface area contributed by atoms with Gasteiger partial charge in [0, 0.05) is 9.13 Å². The lowest BCUT2D eigenvalue weighted by Crippen LogP contribution is -2.33. The van der Waals surface area contributed by atoms with Crippen molar-refractivity contribution in [2.45, 2.75) is 6.92 Å². The van der Waals surface area contributed by atoms with Crippen molar-refractivity contribution in [3.8, 4) is 5.75 Å². The number of carbonyl (C=O) groups excluding carboxylic acids is 1. The first-order valence-corrected chi connectivity index (χ1v) is 9.80. The van der Waals surface area contributed by atoms with Gasteiger partial charge in [0.1, 0.15) is 16.6 Å². The molecule has 2 rings (SSSR count). The van der Waals surface area contributed by atoms with Crippen LogP contribution < -0.4 is 4.74 Å². The maximum absolute atomic E-state index is 12.3. The van der Waals surface area contributed by atoms with E-state index in [0.717, 1.165) is 29.4 Å². The smallest absolute Gasteiger partial charge is 0.323 e. The molecule has 0 aromatic heterocycles. The Kier molecular flexibility index (Phi) is 6.68. The highest BCUT2D eigenvalue weighted by molar-refractivity contribution is 14.1. The van der Waals surface area contributed by atoms with Crippen LogP contribution in [0.25, 0.3) is 6.08 Å². The second kappa shape index (κ2) is 8.12. The van der Waals surface area contributed by atoms with Crippen molar-refractivity contribution in [1.82, 2.24) is 4.90 Å². The maximum atomic E-state index is 12.3. The van der Waals surface area contributed by atoms with E-state index in [4.69, 9.17) is 22.1 Å². The molecule has 0 bridgehead atoms. The highest BCUT2D eigenvalue weighted by Gasteiger charge is 2.33. The van der Waals surface area contributed by atoms with Crippen molar-refractivity contribution < 1.29 is 19.4 Å². The van der Waals surface area contributed by atoms with Crippen LogP contribution in [0.1, 0.15) is 12.5 Å². The van der Waals surface area contributed by atoms with Gasteiger partial charge in [-0.2, -0.15) is 0 Å². The average molecular weight is 575 g/mol. The molecular weight excluding hydrogens is 564 g/mol. The summed E-state index contributed by atoms with van der Waals surface area (Å²) in [6.45, 7) is 1.98. The summed E-state index contributed by atoms with van der Waals surface area (Å²) in [5, 5.41) is 8.87. The van der Waals surface area contributed by atoms with Gasteiger partial charge in [-0.25, -0.2) is 0 Å². The second-order valence-electron chi connectivity index (χ2n) is 4.40. The van der Waals surface area contributed by atoms with E-state index in [9.17, 15) is 9.59 Å². The lowest BCUT2D eigenvalue weighted by Gasteiger charge is -2.11. The van der Waals surface area contributed by atoms with Gasteiger partial charge in [-0.3, -0.25) is 14.5 Å². The van der Waals surface area contributed by atoms with E-state index in [1.165, 1.54) is 0 Å². The molecule has 0 radical (unpaired) electrons. The van der Waals surface area contributed by atoms with Crippen LogP contribution in [0, 0.1) is 7.14 Å². The second-order valence-corrected chi connectivity index (χ2v) is 8.48. The predicted molar refractivity (Wildman–Crippen MR) is 111 cm³/mol. The fourth-order valence-corrected chi connectivity index (χ4v) is 5.19. The number of amides is 1. The van der Waals surface area contributed by atoms with Gasteiger partial charge in [-0.1, -0.05) is 24.0 Å². The number of halogens is 2. The van der Waals surface area contributed by atoms with Crippen molar-refractivity contribution in [3.63, 3.8) is 0 Å². The highest BCUT2D eigenvalue weighted by atomic mass is 127. The summed E-state index contributed by atoms with van der Waals surface area (Å²) in [5.74, 6) is -0.780. The molecule has 1 heterocycles. The number of rotatable bonds is 5. The Morgan fingerprint density at radius 1 is 1.48 bits per heavy atom. The lowest BCUT2D eigenvalue weighted by molar-refractivity contribution is -0.140. The standard InChI is InChI=1S/C14H11I2NO4S2/c1-2-21-12-7(3-8(15)5-9(12)16)4-10-13(20)17(6-11(18)19)14(22)23-10/h3-5H,2,6H2,1H3,(H,18,19)/b10-4-. The molecule has 5 nitrogen and oxygen atoms in total. The molecule has 1 amide bonds. The Labute approximate surface area is 170 Å². The highest BCUT2D eigenvalue weighted by Crippen LogP contribution is 2.36. The van der Waals surface area contributed by atoms with Gasteiger partial charge in [0.05, 0.1) is 15.1 Å². The Morgan fingerprint density at radius 3 is 2.78 bits per heavy atom. The Hall–Kier alpha value is -0.400. The zero-order valence-corrected chi connectivity index (χ0v) is 17.8. The van der Waals surface area contributed by atoms with Gasteiger partial charge in [-0.15, -0.1) is 0 Å². The van der Waals surface area contributed by atoms with Crippen LogP contribution in [0.2, 0.25) is 0 Å². The number of aliphatic carboxylic acids is 1. The lowest BCUT2D eigenvalue weighted by atomic mass is 10.2. The summed E-state index contributed by atoms with van der Waals surface area (Å²) < 4.78 is 7.89. The van der Waals surface area contributed by atoms with E-state index in [1.807, 2.05) is 19.1 Å². The minimum atomic E-state index is -1.10. The Balaban J connectivity index is 2.41. The van der Waals surface area contributed by atoms with Crippen molar-refractivity contribution >= 4 is 91.4 Å². The quantitative estimate of drug-likeness (QED) is 0.329. The molecule has 0 saturated carbocycles. The van der Waals surface area contributed by atoms with Crippen LogP contribution in [0.3, 0.4) is 0 Å². The van der Waals surface area contributed by atoms with Crippen LogP contribution in [0.4, 0.5) is 0 Å². The summed E-state index contributed by atoms with van der Waals surface area (Å²) in [6, 6.07) is 3.90. The molecule has 1 saturated heterocycles. The number of hydrogen-bond acceptors (Lipinski definition) is 5. The zero-order valence-electron chi connectivity index (χ0n) is 11.8. The third kappa shape index (κ3) is 4.57. The van der Waals surface area contributed by atoms with Gasteiger partial charge in [0.15, 0.2) is 0 Å². The molecule has 1 aromatic rings. The number of thioether (sulfide) groups is 1. The largest absolute Gasteiger partial charge is 0.492 e. The number of carboxylic acids is 1. The minimum absolute atomic E-state index is 0.252. The molecule has 0 aliphatic carbocycles. The van der Waals surface area contributed by atoms with E-state index in [0.29, 0.717) is 17.3 Å². The number of nitrogens with zero attached hydrogens (tertiary/aromatic N) is 1. The van der Waals surface area contributed by atoms with E-state index < -0.39 is 18.4 Å². The molecule has 1 aliphatic rings. The monoisotopic (exact) mass is 575 g/mol. The third-order valence-corrected chi connectivity index (χ3v) is 5.58. The van der Waals surface area contributed by atoms with Crippen molar-refractivity contribution in [2.75, 3.05) is 13.2 Å². The molecule has 1 aliphatic heterocycles. The molecular formula is C14H11I2NO4S2. The van der Waals surface area contributed by atoms with Crippen LogP contribution in [-0.4, -0.2) is 39.4 Å². The summed E-state index contributed by atoms with van der Waals surface area (Å²) in [6.07, 6.45) is 1.70. The summed E-state index contributed by atoms with van der Waals surface area (Å²) in [5.41, 5.74) is 0.777. The molecule has 0 spiro atoms. The third-order valence-electron chi connectivity index (χ3n) is 2.78. The molecule has 23 heavy (non-hydrogen) atoms. The zero-order chi connectivity index (χ0) is 17.1. The molecule has 1 aromatic carbocycles. The molecule has 0 atom stereocenters. The van der Waals surface area contributed by atoms with Crippen LogP contribution in [0.15, 0.2) is 17.0 Å². The molecule has 9 heteroatoms. The minimum Gasteiger partial charge on any atom is -0.492 e. The Morgan fingerprint density at radius 2 is 2.17 bits per heavy atom. The van der Waals surface area contributed by atoms with Crippen LogP contribution in [-0.2, 0) is 9.59 Å². The number of hydrogen-bond donors (Lipinski definition) is 1. The fraction of sp³-hybridized carbons (Fsp3) is 0.214. The first-order chi connectivity index (χ1) is 10.8. The normalized spacial score (nSPS) is 16.3. The molecule has 122 valence electrons. The average Bonchev–Trinajstić information content (AvgIpc) is 2.70. The SMILES string of the molecule is CCOc1c(I)cc(I)cc1/C=C1\SC(=S)N(CC(=O)O)C1=O. The molecule has 1 N–H and O–H groups in total. The number of benzene rings is 1. The number of thiocarbonyl (C=S) groups is 1. The maximum Gasteiger partial charge on any atom is 0.323 e. The summed E-state index contributed by atoms with van der Waals surface area (Å²) in [7, 11) is 0. The predicted octanol–water partition coefficient (Wildman–Crippen LogP) is 3.58.